The molecule has 0 spiro atoms. The van der Waals surface area contributed by atoms with Crippen molar-refractivity contribution in [3.8, 4) is 0 Å². The van der Waals surface area contributed by atoms with Gasteiger partial charge in [-0.15, -0.1) is 0 Å². The van der Waals surface area contributed by atoms with Crippen LogP contribution in [-0.2, 0) is 14.3 Å². The lowest BCUT2D eigenvalue weighted by Gasteiger charge is -2.39. The quantitative estimate of drug-likeness (QED) is 0.830. The molecule has 20 heavy (non-hydrogen) atoms. The largest absolute Gasteiger partial charge is 0.370 e. The average molecular weight is 275 g/mol. The Morgan fingerprint density at radius 3 is 2.75 bits per heavy atom. The van der Waals surface area contributed by atoms with Crippen LogP contribution in [0.2, 0.25) is 0 Å². The fourth-order valence-corrected chi connectivity index (χ4v) is 2.89. The van der Waals surface area contributed by atoms with E-state index < -0.39 is 0 Å². The highest BCUT2D eigenvalue weighted by Crippen LogP contribution is 2.26. The Kier molecular flexibility index (Phi) is 4.03. The Balaban J connectivity index is 1.71. The third kappa shape index (κ3) is 2.72. The van der Waals surface area contributed by atoms with Crippen molar-refractivity contribution < 1.29 is 14.3 Å². The lowest BCUT2D eigenvalue weighted by atomic mass is 10.1. The smallest absolute Gasteiger partial charge is 0.252 e. The number of nitrogens with zero attached hydrogens (tertiary/aromatic N) is 1. The summed E-state index contributed by atoms with van der Waals surface area (Å²) >= 11 is 0. The van der Waals surface area contributed by atoms with Crippen LogP contribution in [0.4, 0.5) is 0 Å². The van der Waals surface area contributed by atoms with Crippen LogP contribution in [0.5, 0.6) is 0 Å². The first-order valence-electron chi connectivity index (χ1n) is 7.34. The minimum absolute atomic E-state index is 0.0299. The van der Waals surface area contributed by atoms with Gasteiger partial charge in [-0.05, 0) is 25.3 Å². The van der Waals surface area contributed by atoms with Gasteiger partial charge in [0.15, 0.2) is 0 Å². The number of morpholine rings is 1. The summed E-state index contributed by atoms with van der Waals surface area (Å²) in [5.74, 6) is 0.124. The first-order valence-corrected chi connectivity index (χ1v) is 7.34. The van der Waals surface area contributed by atoms with Crippen molar-refractivity contribution in [2.24, 2.45) is 0 Å². The molecule has 2 heterocycles. The summed E-state index contributed by atoms with van der Waals surface area (Å²) in [6, 6.07) is 10.2. The van der Waals surface area contributed by atoms with Gasteiger partial charge in [-0.25, -0.2) is 0 Å². The Bertz CT molecular complexity index is 456. The monoisotopic (exact) mass is 275 g/mol. The van der Waals surface area contributed by atoms with Crippen LogP contribution >= 0.6 is 0 Å². The van der Waals surface area contributed by atoms with Gasteiger partial charge < -0.3 is 14.4 Å². The molecule has 0 N–H and O–H groups in total. The number of carbonyl (C=O) groups excluding carboxylic acids is 1. The molecule has 0 radical (unpaired) electrons. The Labute approximate surface area is 119 Å². The van der Waals surface area contributed by atoms with E-state index in [-0.39, 0.29) is 24.2 Å². The van der Waals surface area contributed by atoms with E-state index in [4.69, 9.17) is 9.47 Å². The SMILES string of the molecule is C[C@H]1CO[C@H](c2ccccc2)CN1C(=O)[C@@H]1CCCO1. The average Bonchev–Trinajstić information content (AvgIpc) is 3.02. The highest BCUT2D eigenvalue weighted by Gasteiger charge is 2.35. The van der Waals surface area contributed by atoms with E-state index in [1.54, 1.807) is 0 Å². The minimum Gasteiger partial charge on any atom is -0.370 e. The molecule has 3 rings (SSSR count). The standard InChI is InChI=1S/C16H21NO3/c1-12-11-20-15(13-6-3-2-4-7-13)10-17(12)16(18)14-8-5-9-19-14/h2-4,6-7,12,14-15H,5,8-11H2,1H3/t12-,14-,15-/m0/s1. The van der Waals surface area contributed by atoms with Crippen LogP contribution in [0.15, 0.2) is 30.3 Å². The van der Waals surface area contributed by atoms with Crippen molar-refractivity contribution in [3.63, 3.8) is 0 Å². The molecular formula is C16H21NO3. The highest BCUT2D eigenvalue weighted by atomic mass is 16.5. The fraction of sp³-hybridized carbons (Fsp3) is 0.562. The summed E-state index contributed by atoms with van der Waals surface area (Å²) in [5.41, 5.74) is 1.13. The van der Waals surface area contributed by atoms with Crippen LogP contribution in [0.1, 0.15) is 31.4 Å². The molecule has 0 saturated carbocycles. The molecular weight excluding hydrogens is 254 g/mol. The van der Waals surface area contributed by atoms with Gasteiger partial charge >= 0.3 is 0 Å². The predicted octanol–water partition coefficient (Wildman–Crippen LogP) is 2.15. The van der Waals surface area contributed by atoms with Crippen LogP contribution in [-0.4, -0.2) is 42.7 Å². The minimum atomic E-state index is -0.244. The van der Waals surface area contributed by atoms with Crippen molar-refractivity contribution in [3.05, 3.63) is 35.9 Å². The van der Waals surface area contributed by atoms with E-state index in [9.17, 15) is 4.79 Å². The first-order chi connectivity index (χ1) is 9.75. The van der Waals surface area contributed by atoms with Gasteiger partial charge in [-0.3, -0.25) is 4.79 Å². The zero-order chi connectivity index (χ0) is 13.9. The second-order valence-corrected chi connectivity index (χ2v) is 5.57. The van der Waals surface area contributed by atoms with Crippen molar-refractivity contribution in [2.45, 2.75) is 38.0 Å². The third-order valence-electron chi connectivity index (χ3n) is 4.09. The number of benzene rings is 1. The summed E-state index contributed by atoms with van der Waals surface area (Å²) in [7, 11) is 0. The van der Waals surface area contributed by atoms with Crippen LogP contribution in [0.3, 0.4) is 0 Å². The van der Waals surface area contributed by atoms with Gasteiger partial charge in [0.2, 0.25) is 0 Å². The topological polar surface area (TPSA) is 38.8 Å². The van der Waals surface area contributed by atoms with Crippen molar-refractivity contribution in [2.75, 3.05) is 19.8 Å². The lowest BCUT2D eigenvalue weighted by molar-refractivity contribution is -0.154. The van der Waals surface area contributed by atoms with Crippen molar-refractivity contribution in [1.82, 2.24) is 4.90 Å². The molecule has 0 aromatic heterocycles. The van der Waals surface area contributed by atoms with E-state index >= 15 is 0 Å². The number of hydrogen-bond donors (Lipinski definition) is 0. The molecule has 2 aliphatic rings. The van der Waals surface area contributed by atoms with Crippen molar-refractivity contribution in [1.29, 1.82) is 0 Å². The number of hydrogen-bond acceptors (Lipinski definition) is 3. The number of amides is 1. The molecule has 4 nitrogen and oxygen atoms in total. The van der Waals surface area contributed by atoms with E-state index in [0.717, 1.165) is 18.4 Å². The molecule has 1 amide bonds. The second-order valence-electron chi connectivity index (χ2n) is 5.57. The molecule has 0 bridgehead atoms. The number of rotatable bonds is 2. The van der Waals surface area contributed by atoms with Gasteiger partial charge in [0, 0.05) is 6.61 Å². The predicted molar refractivity (Wildman–Crippen MR) is 75.3 cm³/mol. The molecule has 1 aromatic carbocycles. The van der Waals surface area contributed by atoms with Crippen LogP contribution in [0, 0.1) is 0 Å². The highest BCUT2D eigenvalue weighted by molar-refractivity contribution is 5.81. The van der Waals surface area contributed by atoms with E-state index in [1.165, 1.54) is 0 Å². The molecule has 1 aromatic rings. The molecule has 0 aliphatic carbocycles. The molecule has 0 unspecified atom stereocenters. The van der Waals surface area contributed by atoms with Gasteiger partial charge in [0.25, 0.3) is 5.91 Å². The zero-order valence-corrected chi connectivity index (χ0v) is 11.8. The summed E-state index contributed by atoms with van der Waals surface area (Å²) in [5, 5.41) is 0. The number of carbonyl (C=O) groups is 1. The van der Waals surface area contributed by atoms with Gasteiger partial charge in [-0.1, -0.05) is 30.3 Å². The summed E-state index contributed by atoms with van der Waals surface area (Å²) in [4.78, 5) is 14.5. The van der Waals surface area contributed by atoms with Gasteiger partial charge in [0.1, 0.15) is 12.2 Å². The van der Waals surface area contributed by atoms with Crippen LogP contribution < -0.4 is 0 Å². The normalized spacial score (nSPS) is 30.4. The Morgan fingerprint density at radius 1 is 1.25 bits per heavy atom. The fourth-order valence-electron chi connectivity index (χ4n) is 2.89. The van der Waals surface area contributed by atoms with Crippen molar-refractivity contribution >= 4 is 5.91 Å². The maximum Gasteiger partial charge on any atom is 0.252 e. The maximum atomic E-state index is 12.5. The first kappa shape index (κ1) is 13.6. The van der Waals surface area contributed by atoms with E-state index in [2.05, 4.69) is 12.1 Å². The molecule has 108 valence electrons. The molecule has 2 fully saturated rings. The Hall–Kier alpha value is -1.39. The van der Waals surface area contributed by atoms with E-state index in [0.29, 0.717) is 19.8 Å². The Morgan fingerprint density at radius 2 is 2.05 bits per heavy atom. The molecule has 4 heteroatoms. The summed E-state index contributed by atoms with van der Waals surface area (Å²) in [6.07, 6.45) is 1.56. The van der Waals surface area contributed by atoms with E-state index in [1.807, 2.05) is 30.0 Å². The maximum absolute atomic E-state index is 12.5. The second kappa shape index (κ2) is 5.94. The summed E-state index contributed by atoms with van der Waals surface area (Å²) < 4.78 is 11.4. The van der Waals surface area contributed by atoms with Gasteiger partial charge in [0.05, 0.1) is 19.2 Å². The van der Waals surface area contributed by atoms with Gasteiger partial charge in [-0.2, -0.15) is 0 Å². The lowest BCUT2D eigenvalue weighted by Crippen LogP contribution is -2.51. The van der Waals surface area contributed by atoms with Crippen LogP contribution in [0.25, 0.3) is 0 Å². The molecule has 2 aliphatic heterocycles. The third-order valence-corrected chi connectivity index (χ3v) is 4.09. The molecule has 3 atom stereocenters. The molecule has 2 saturated heterocycles. The zero-order valence-electron chi connectivity index (χ0n) is 11.8. The summed E-state index contributed by atoms with van der Waals surface area (Å²) in [6.45, 7) is 3.94. The number of ether oxygens (including phenoxy) is 2.